The van der Waals surface area contributed by atoms with Gasteiger partial charge in [0.05, 0.1) is 22.1 Å². The SMILES string of the molecule is c1ccc2c(c1)Sc1c(-c3cccc4ccccc34)cccc1C21c2ccccc2-n2c3ccccc3c3cccc1c32. The number of nitrogens with zero attached hydrogens (tertiary/aromatic N) is 1. The Balaban J connectivity index is 1.42. The molecule has 1 atom stereocenters. The van der Waals surface area contributed by atoms with Crippen molar-refractivity contribution in [3.05, 3.63) is 174 Å². The summed E-state index contributed by atoms with van der Waals surface area (Å²) in [6, 6.07) is 56.5. The lowest BCUT2D eigenvalue weighted by atomic mass is 9.62. The Kier molecular flexibility index (Phi) is 4.65. The van der Waals surface area contributed by atoms with Crippen LogP contribution in [0.15, 0.2) is 161 Å². The van der Waals surface area contributed by atoms with Crippen LogP contribution in [-0.4, -0.2) is 4.57 Å². The van der Waals surface area contributed by atoms with Gasteiger partial charge in [-0.15, -0.1) is 0 Å². The average molecular weight is 564 g/mol. The number of hydrogen-bond donors (Lipinski definition) is 0. The van der Waals surface area contributed by atoms with Crippen LogP contribution >= 0.6 is 11.8 Å². The van der Waals surface area contributed by atoms with Gasteiger partial charge in [0.2, 0.25) is 0 Å². The summed E-state index contributed by atoms with van der Waals surface area (Å²) in [5, 5.41) is 5.17. The highest BCUT2D eigenvalue weighted by molar-refractivity contribution is 7.99. The second-order valence-electron chi connectivity index (χ2n) is 11.6. The fourth-order valence-electron chi connectivity index (χ4n) is 8.02. The molecule has 2 heteroatoms. The highest BCUT2D eigenvalue weighted by atomic mass is 32.2. The van der Waals surface area contributed by atoms with Crippen LogP contribution in [0.4, 0.5) is 0 Å². The van der Waals surface area contributed by atoms with Crippen molar-refractivity contribution in [1.29, 1.82) is 0 Å². The fourth-order valence-corrected chi connectivity index (χ4v) is 9.33. The minimum atomic E-state index is -0.460. The molecule has 0 saturated heterocycles. The third-order valence-corrected chi connectivity index (χ3v) is 10.9. The first-order chi connectivity index (χ1) is 21.4. The van der Waals surface area contributed by atoms with Crippen LogP contribution in [0.25, 0.3) is 49.4 Å². The summed E-state index contributed by atoms with van der Waals surface area (Å²) in [7, 11) is 0. The van der Waals surface area contributed by atoms with E-state index >= 15 is 0 Å². The third kappa shape index (κ3) is 2.89. The zero-order valence-corrected chi connectivity index (χ0v) is 24.1. The van der Waals surface area contributed by atoms with Gasteiger partial charge in [-0.2, -0.15) is 0 Å². The molecule has 3 heterocycles. The largest absolute Gasteiger partial charge is 0.309 e. The normalized spacial score (nSPS) is 16.4. The Morgan fingerprint density at radius 1 is 0.442 bits per heavy atom. The average Bonchev–Trinajstić information content (AvgIpc) is 3.41. The summed E-state index contributed by atoms with van der Waals surface area (Å²) in [5.41, 5.74) is 11.4. The van der Waals surface area contributed by atoms with Crippen LogP contribution in [0.1, 0.15) is 22.3 Å². The van der Waals surface area contributed by atoms with Gasteiger partial charge in [0.1, 0.15) is 0 Å². The monoisotopic (exact) mass is 563 g/mol. The molecule has 1 spiro atoms. The van der Waals surface area contributed by atoms with Crippen molar-refractivity contribution < 1.29 is 0 Å². The zero-order valence-electron chi connectivity index (χ0n) is 23.3. The van der Waals surface area contributed by atoms with Gasteiger partial charge in [0.15, 0.2) is 0 Å². The molecule has 1 aromatic heterocycles. The van der Waals surface area contributed by atoms with E-state index in [2.05, 4.69) is 156 Å². The Hall–Kier alpha value is -5.05. The second kappa shape index (κ2) is 8.50. The van der Waals surface area contributed by atoms with Crippen LogP contribution in [-0.2, 0) is 5.41 Å². The molecule has 1 nitrogen and oxygen atoms in total. The van der Waals surface area contributed by atoms with Gasteiger partial charge in [-0.25, -0.2) is 0 Å². The summed E-state index contributed by atoms with van der Waals surface area (Å²) in [6.07, 6.45) is 0. The quantitative estimate of drug-likeness (QED) is 0.192. The first-order valence-electron chi connectivity index (χ1n) is 14.9. The molecule has 0 amide bonds. The number of benzene rings is 7. The summed E-state index contributed by atoms with van der Waals surface area (Å²) in [5.74, 6) is 0. The first kappa shape index (κ1) is 23.5. The number of rotatable bonds is 1. The van der Waals surface area contributed by atoms with Crippen LogP contribution in [0.3, 0.4) is 0 Å². The molecule has 0 fully saturated rings. The van der Waals surface area contributed by atoms with Gasteiger partial charge >= 0.3 is 0 Å². The van der Waals surface area contributed by atoms with Gasteiger partial charge in [0.25, 0.3) is 0 Å². The van der Waals surface area contributed by atoms with Crippen molar-refractivity contribution in [2.24, 2.45) is 0 Å². The van der Waals surface area contributed by atoms with Crippen molar-refractivity contribution >= 4 is 44.3 Å². The molecule has 0 saturated carbocycles. The maximum atomic E-state index is 2.51. The number of fused-ring (bicyclic) bond motifs is 12. The van der Waals surface area contributed by atoms with E-state index in [4.69, 9.17) is 0 Å². The van der Waals surface area contributed by atoms with Crippen LogP contribution in [0, 0.1) is 0 Å². The molecular weight excluding hydrogens is 539 g/mol. The van der Waals surface area contributed by atoms with E-state index in [0.717, 1.165) is 0 Å². The van der Waals surface area contributed by atoms with E-state index in [1.807, 2.05) is 11.8 Å². The standard InChI is InChI=1S/C41H25NS/c1-2-14-27-26(12-1)13-9-16-28(27)31-18-11-22-35-40(31)43-38-25-8-5-20-33(38)41(35)32-19-4-7-24-37(32)42-36-23-6-3-15-29(36)30-17-10-21-34(41)39(30)42/h1-25H. The van der Waals surface area contributed by atoms with E-state index in [-0.39, 0.29) is 0 Å². The van der Waals surface area contributed by atoms with Crippen molar-refractivity contribution in [3.63, 3.8) is 0 Å². The maximum absolute atomic E-state index is 2.51. The zero-order chi connectivity index (χ0) is 28.1. The van der Waals surface area contributed by atoms with Gasteiger partial charge in [-0.05, 0) is 62.4 Å². The summed E-state index contributed by atoms with van der Waals surface area (Å²) in [4.78, 5) is 2.66. The molecule has 1 unspecified atom stereocenters. The molecule has 7 aromatic carbocycles. The first-order valence-corrected chi connectivity index (χ1v) is 15.7. The Labute approximate surface area is 254 Å². The van der Waals surface area contributed by atoms with Gasteiger partial charge < -0.3 is 4.57 Å². The number of hydrogen-bond acceptors (Lipinski definition) is 1. The summed E-state index contributed by atoms with van der Waals surface area (Å²) < 4.78 is 2.51. The molecule has 0 bridgehead atoms. The molecule has 8 aromatic rings. The van der Waals surface area contributed by atoms with Crippen LogP contribution < -0.4 is 0 Å². The molecular formula is C41H25NS. The number of aromatic nitrogens is 1. The molecule has 0 N–H and O–H groups in total. The second-order valence-corrected chi connectivity index (χ2v) is 12.7. The van der Waals surface area contributed by atoms with Crippen molar-refractivity contribution in [3.8, 4) is 16.8 Å². The highest BCUT2D eigenvalue weighted by Crippen LogP contribution is 2.61. The van der Waals surface area contributed by atoms with E-state index in [1.165, 1.54) is 81.4 Å². The maximum Gasteiger partial charge on any atom is 0.0764 e. The summed E-state index contributed by atoms with van der Waals surface area (Å²) >= 11 is 1.92. The minimum Gasteiger partial charge on any atom is -0.309 e. The minimum absolute atomic E-state index is 0.460. The van der Waals surface area contributed by atoms with E-state index in [1.54, 1.807) is 0 Å². The van der Waals surface area contributed by atoms with Crippen molar-refractivity contribution in [2.45, 2.75) is 15.2 Å². The Morgan fingerprint density at radius 3 is 2.02 bits per heavy atom. The van der Waals surface area contributed by atoms with Gasteiger partial charge in [0, 0.05) is 20.6 Å². The topological polar surface area (TPSA) is 4.93 Å². The molecule has 2 aliphatic heterocycles. The predicted molar refractivity (Wildman–Crippen MR) is 180 cm³/mol. The van der Waals surface area contributed by atoms with Gasteiger partial charge in [-0.3, -0.25) is 0 Å². The molecule has 10 rings (SSSR count). The van der Waals surface area contributed by atoms with Crippen LogP contribution in [0.2, 0.25) is 0 Å². The van der Waals surface area contributed by atoms with Gasteiger partial charge in [-0.1, -0.05) is 145 Å². The highest BCUT2D eigenvalue weighted by Gasteiger charge is 2.49. The fraction of sp³-hybridized carbons (Fsp3) is 0.0244. The van der Waals surface area contributed by atoms with E-state index in [0.29, 0.717) is 0 Å². The van der Waals surface area contributed by atoms with Crippen LogP contribution in [0.5, 0.6) is 0 Å². The lowest BCUT2D eigenvalue weighted by Crippen LogP contribution is -2.37. The van der Waals surface area contributed by atoms with Crippen molar-refractivity contribution in [1.82, 2.24) is 4.57 Å². The molecule has 0 radical (unpaired) electrons. The molecule has 43 heavy (non-hydrogen) atoms. The molecule has 0 aliphatic carbocycles. The number of para-hydroxylation sites is 3. The third-order valence-electron chi connectivity index (χ3n) is 9.65. The smallest absolute Gasteiger partial charge is 0.0764 e. The Morgan fingerprint density at radius 2 is 1.07 bits per heavy atom. The lowest BCUT2D eigenvalue weighted by molar-refractivity contribution is 0.690. The summed E-state index contributed by atoms with van der Waals surface area (Å²) in [6.45, 7) is 0. The van der Waals surface area contributed by atoms with E-state index in [9.17, 15) is 0 Å². The predicted octanol–water partition coefficient (Wildman–Crippen LogP) is 10.8. The lowest BCUT2D eigenvalue weighted by Gasteiger charge is -2.45. The van der Waals surface area contributed by atoms with E-state index < -0.39 is 5.41 Å². The molecule has 200 valence electrons. The van der Waals surface area contributed by atoms with Crippen molar-refractivity contribution in [2.75, 3.05) is 0 Å². The molecule has 2 aliphatic rings. The Bertz CT molecular complexity index is 2440.